The van der Waals surface area contributed by atoms with Crippen molar-refractivity contribution in [2.45, 2.75) is 33.4 Å². The molecule has 0 saturated heterocycles. The number of nitrogens with zero attached hydrogens (tertiary/aromatic N) is 1. The molecule has 0 aliphatic heterocycles. The molecule has 1 heterocycles. The summed E-state index contributed by atoms with van der Waals surface area (Å²) in [5.41, 5.74) is 7.12. The van der Waals surface area contributed by atoms with Crippen molar-refractivity contribution in [2.24, 2.45) is 0 Å². The van der Waals surface area contributed by atoms with Gasteiger partial charge in [0.15, 0.2) is 0 Å². The zero-order chi connectivity index (χ0) is 19.8. The number of carbonyl (C=O) groups is 1. The molecule has 0 unspecified atom stereocenters. The van der Waals surface area contributed by atoms with Crippen LogP contribution in [-0.4, -0.2) is 17.4 Å². The third-order valence-electron chi connectivity index (χ3n) is 4.56. The van der Waals surface area contributed by atoms with Crippen LogP contribution < -0.4 is 10.6 Å². The Morgan fingerprint density at radius 1 is 0.893 bits per heavy atom. The van der Waals surface area contributed by atoms with Crippen molar-refractivity contribution in [1.29, 1.82) is 0 Å². The lowest BCUT2D eigenvalue weighted by Crippen LogP contribution is -2.27. The van der Waals surface area contributed by atoms with Gasteiger partial charge in [-0.3, -0.25) is 9.78 Å². The van der Waals surface area contributed by atoms with Crippen LogP contribution in [0.4, 0.5) is 0 Å². The number of aryl methyl sites for hydroxylation is 2. The van der Waals surface area contributed by atoms with E-state index in [1.54, 1.807) is 6.20 Å². The first kappa shape index (κ1) is 19.8. The van der Waals surface area contributed by atoms with Gasteiger partial charge >= 0.3 is 0 Å². The lowest BCUT2D eigenvalue weighted by atomic mass is 10.00. The molecule has 0 radical (unpaired) electrons. The van der Waals surface area contributed by atoms with Crippen molar-refractivity contribution >= 4 is 5.91 Å². The van der Waals surface area contributed by atoms with Crippen LogP contribution in [-0.2, 0) is 17.9 Å². The Morgan fingerprint density at radius 2 is 1.64 bits per heavy atom. The standard InChI is InChI=1S/C24H27N3O/c1-18-13-19(2)15-22(14-18)21-8-6-20(7-9-21)16-25-12-10-24(28)27-17-23-5-3-4-11-26-23/h3-9,11,13-15,25H,10,12,16-17H2,1-2H3,(H,27,28). The van der Waals surface area contributed by atoms with E-state index in [0.29, 0.717) is 19.5 Å². The Morgan fingerprint density at radius 3 is 2.32 bits per heavy atom. The third kappa shape index (κ3) is 6.03. The molecule has 1 amide bonds. The maximum Gasteiger partial charge on any atom is 0.221 e. The molecule has 1 aromatic heterocycles. The maximum atomic E-state index is 11.9. The van der Waals surface area contributed by atoms with E-state index < -0.39 is 0 Å². The van der Waals surface area contributed by atoms with Crippen LogP contribution in [0.15, 0.2) is 66.9 Å². The number of pyridine rings is 1. The highest BCUT2D eigenvalue weighted by molar-refractivity contribution is 5.76. The van der Waals surface area contributed by atoms with Crippen LogP contribution in [0, 0.1) is 13.8 Å². The predicted octanol–water partition coefficient (Wildman–Crippen LogP) is 4.16. The highest BCUT2D eigenvalue weighted by atomic mass is 16.1. The molecule has 3 aromatic rings. The molecule has 4 nitrogen and oxygen atoms in total. The molecular formula is C24H27N3O. The zero-order valence-corrected chi connectivity index (χ0v) is 16.5. The van der Waals surface area contributed by atoms with Crippen LogP contribution >= 0.6 is 0 Å². The fourth-order valence-corrected chi connectivity index (χ4v) is 3.17. The molecule has 0 bridgehead atoms. The van der Waals surface area contributed by atoms with Gasteiger partial charge in [-0.2, -0.15) is 0 Å². The second kappa shape index (κ2) is 9.81. The molecule has 0 spiro atoms. The summed E-state index contributed by atoms with van der Waals surface area (Å²) in [5.74, 6) is 0.0309. The third-order valence-corrected chi connectivity index (χ3v) is 4.56. The van der Waals surface area contributed by atoms with Gasteiger partial charge in [0.25, 0.3) is 0 Å². The first-order chi connectivity index (χ1) is 13.6. The number of nitrogens with one attached hydrogen (secondary N) is 2. The van der Waals surface area contributed by atoms with Crippen molar-refractivity contribution in [3.63, 3.8) is 0 Å². The van der Waals surface area contributed by atoms with Crippen molar-refractivity contribution in [3.05, 3.63) is 89.2 Å². The first-order valence-corrected chi connectivity index (χ1v) is 9.65. The van der Waals surface area contributed by atoms with Crippen LogP contribution in [0.2, 0.25) is 0 Å². The lowest BCUT2D eigenvalue weighted by molar-refractivity contribution is -0.121. The second-order valence-electron chi connectivity index (χ2n) is 7.10. The second-order valence-corrected chi connectivity index (χ2v) is 7.10. The molecule has 28 heavy (non-hydrogen) atoms. The van der Waals surface area contributed by atoms with E-state index in [2.05, 4.69) is 71.9 Å². The van der Waals surface area contributed by atoms with Crippen LogP contribution in [0.5, 0.6) is 0 Å². The van der Waals surface area contributed by atoms with Gasteiger partial charge in [0.05, 0.1) is 12.2 Å². The molecule has 0 saturated carbocycles. The molecule has 0 aliphatic carbocycles. The Balaban J connectivity index is 1.41. The van der Waals surface area contributed by atoms with Gasteiger partial charge in [-0.15, -0.1) is 0 Å². The number of aromatic nitrogens is 1. The molecule has 144 valence electrons. The summed E-state index contributed by atoms with van der Waals surface area (Å²) < 4.78 is 0. The summed E-state index contributed by atoms with van der Waals surface area (Å²) in [4.78, 5) is 16.1. The number of benzene rings is 2. The zero-order valence-electron chi connectivity index (χ0n) is 16.5. The van der Waals surface area contributed by atoms with Gasteiger partial charge in [0, 0.05) is 25.7 Å². The molecule has 0 aliphatic rings. The molecular weight excluding hydrogens is 346 g/mol. The fourth-order valence-electron chi connectivity index (χ4n) is 3.17. The molecule has 0 atom stereocenters. The predicted molar refractivity (Wildman–Crippen MR) is 114 cm³/mol. The quantitative estimate of drug-likeness (QED) is 0.583. The molecule has 2 aromatic carbocycles. The highest BCUT2D eigenvalue weighted by Crippen LogP contribution is 2.22. The Bertz CT molecular complexity index is 885. The van der Waals surface area contributed by atoms with E-state index in [1.165, 1.54) is 27.8 Å². The van der Waals surface area contributed by atoms with Crippen molar-refractivity contribution < 1.29 is 4.79 Å². The minimum Gasteiger partial charge on any atom is -0.350 e. The summed E-state index contributed by atoms with van der Waals surface area (Å²) >= 11 is 0. The summed E-state index contributed by atoms with van der Waals surface area (Å²) in [7, 11) is 0. The van der Waals surface area contributed by atoms with Gasteiger partial charge in [0.1, 0.15) is 0 Å². The van der Waals surface area contributed by atoms with E-state index in [-0.39, 0.29) is 5.91 Å². The SMILES string of the molecule is Cc1cc(C)cc(-c2ccc(CNCCC(=O)NCc3ccccn3)cc2)c1. The summed E-state index contributed by atoms with van der Waals surface area (Å²) in [6, 6.07) is 20.9. The first-order valence-electron chi connectivity index (χ1n) is 9.65. The minimum absolute atomic E-state index is 0.0309. The maximum absolute atomic E-state index is 11.9. The van der Waals surface area contributed by atoms with Gasteiger partial charge in [0.2, 0.25) is 5.91 Å². The monoisotopic (exact) mass is 373 g/mol. The summed E-state index contributed by atoms with van der Waals surface area (Å²) in [6.07, 6.45) is 2.18. The molecule has 0 fully saturated rings. The topological polar surface area (TPSA) is 54.0 Å². The Labute approximate surface area is 167 Å². The molecule has 2 N–H and O–H groups in total. The van der Waals surface area contributed by atoms with Gasteiger partial charge in [-0.05, 0) is 42.7 Å². The average molecular weight is 374 g/mol. The Kier molecular flexibility index (Phi) is 6.93. The smallest absolute Gasteiger partial charge is 0.221 e. The lowest BCUT2D eigenvalue weighted by Gasteiger charge is -2.08. The normalized spacial score (nSPS) is 10.6. The van der Waals surface area contributed by atoms with Crippen molar-refractivity contribution in [3.8, 4) is 11.1 Å². The van der Waals surface area contributed by atoms with Crippen molar-refractivity contribution in [1.82, 2.24) is 15.6 Å². The molecule has 3 rings (SSSR count). The number of rotatable bonds is 8. The van der Waals surface area contributed by atoms with E-state index in [4.69, 9.17) is 0 Å². The number of hydrogen-bond donors (Lipinski definition) is 2. The Hall–Kier alpha value is -2.98. The van der Waals surface area contributed by atoms with Crippen LogP contribution in [0.25, 0.3) is 11.1 Å². The van der Waals surface area contributed by atoms with Crippen LogP contribution in [0.1, 0.15) is 28.8 Å². The van der Waals surface area contributed by atoms with E-state index in [1.807, 2.05) is 18.2 Å². The van der Waals surface area contributed by atoms with Crippen LogP contribution in [0.3, 0.4) is 0 Å². The number of amides is 1. The van der Waals surface area contributed by atoms with Crippen molar-refractivity contribution in [2.75, 3.05) is 6.54 Å². The van der Waals surface area contributed by atoms with Gasteiger partial charge in [-0.1, -0.05) is 59.7 Å². The number of hydrogen-bond acceptors (Lipinski definition) is 3. The fraction of sp³-hybridized carbons (Fsp3) is 0.250. The van der Waals surface area contributed by atoms with E-state index >= 15 is 0 Å². The summed E-state index contributed by atoms with van der Waals surface area (Å²) in [5, 5.41) is 6.22. The van der Waals surface area contributed by atoms with Gasteiger partial charge < -0.3 is 10.6 Å². The van der Waals surface area contributed by atoms with E-state index in [9.17, 15) is 4.79 Å². The largest absolute Gasteiger partial charge is 0.350 e. The summed E-state index contributed by atoms with van der Waals surface area (Å²) in [6.45, 7) is 6.12. The van der Waals surface area contributed by atoms with Gasteiger partial charge in [-0.25, -0.2) is 0 Å². The highest BCUT2D eigenvalue weighted by Gasteiger charge is 2.03. The average Bonchev–Trinajstić information content (AvgIpc) is 2.70. The van der Waals surface area contributed by atoms with E-state index in [0.717, 1.165) is 12.2 Å². The minimum atomic E-state index is 0.0309. The molecule has 4 heteroatoms. The number of carbonyl (C=O) groups excluding carboxylic acids is 1.